The number of nitrogens with zero attached hydrogens (tertiary/aromatic N) is 1. The van der Waals surface area contributed by atoms with Crippen LogP contribution < -0.4 is 10.6 Å². The topological polar surface area (TPSA) is 62.7 Å². The van der Waals surface area contributed by atoms with Gasteiger partial charge in [-0.2, -0.15) is 0 Å². The van der Waals surface area contributed by atoms with Crippen LogP contribution in [-0.2, 0) is 9.53 Å². The molecule has 0 bridgehead atoms. The molecule has 6 heteroatoms. The minimum absolute atomic E-state index is 0. The van der Waals surface area contributed by atoms with Crippen LogP contribution in [0.1, 0.15) is 37.8 Å². The van der Waals surface area contributed by atoms with Crippen LogP contribution in [0, 0.1) is 12.8 Å². The Bertz CT molecular complexity index is 518. The predicted octanol–water partition coefficient (Wildman–Crippen LogP) is 3.08. The maximum Gasteiger partial charge on any atom is 0.310 e. The highest BCUT2D eigenvalue weighted by Crippen LogP contribution is 2.14. The van der Waals surface area contributed by atoms with E-state index in [-0.39, 0.29) is 35.9 Å². The molecule has 0 fully saturated rings. The van der Waals surface area contributed by atoms with Gasteiger partial charge < -0.3 is 15.4 Å². The number of halogens is 1. The van der Waals surface area contributed by atoms with Gasteiger partial charge in [0.15, 0.2) is 5.96 Å². The van der Waals surface area contributed by atoms with Crippen LogP contribution in [0.25, 0.3) is 0 Å². The lowest BCUT2D eigenvalue weighted by atomic mass is 10.0. The van der Waals surface area contributed by atoms with Crippen molar-refractivity contribution in [2.45, 2.75) is 33.6 Å². The summed E-state index contributed by atoms with van der Waals surface area (Å²) in [4.78, 5) is 15.9. The molecule has 0 amide bonds. The third-order valence-electron chi connectivity index (χ3n) is 3.69. The van der Waals surface area contributed by atoms with Crippen molar-refractivity contribution < 1.29 is 9.53 Å². The molecule has 1 aromatic rings. The average Bonchev–Trinajstić information content (AvgIpc) is 2.56. The van der Waals surface area contributed by atoms with Gasteiger partial charge in [0.05, 0.1) is 19.6 Å². The lowest BCUT2D eigenvalue weighted by molar-refractivity contribution is -0.144. The number of hydrogen-bond donors (Lipinski definition) is 2. The predicted molar refractivity (Wildman–Crippen MR) is 110 cm³/mol. The Morgan fingerprint density at radius 2 is 1.83 bits per heavy atom. The van der Waals surface area contributed by atoms with Gasteiger partial charge in [0.2, 0.25) is 0 Å². The van der Waals surface area contributed by atoms with Gasteiger partial charge in [0.25, 0.3) is 0 Å². The molecule has 1 aromatic carbocycles. The van der Waals surface area contributed by atoms with Crippen molar-refractivity contribution in [2.24, 2.45) is 10.9 Å². The summed E-state index contributed by atoms with van der Waals surface area (Å²) in [6.07, 6.45) is 0. The Balaban J connectivity index is 0.00000529. The molecule has 0 radical (unpaired) electrons. The number of carbonyl (C=O) groups excluding carboxylic acids is 1. The molecule has 0 spiro atoms. The second-order valence-corrected chi connectivity index (χ2v) is 5.84. The smallest absolute Gasteiger partial charge is 0.310 e. The molecule has 2 atom stereocenters. The van der Waals surface area contributed by atoms with E-state index < -0.39 is 0 Å². The van der Waals surface area contributed by atoms with Crippen molar-refractivity contribution in [3.8, 4) is 0 Å². The van der Waals surface area contributed by atoms with Gasteiger partial charge in [-0.3, -0.25) is 9.79 Å². The quantitative estimate of drug-likeness (QED) is 0.292. The van der Waals surface area contributed by atoms with E-state index in [0.717, 1.165) is 19.0 Å². The first-order valence-electron chi connectivity index (χ1n) is 8.14. The minimum atomic E-state index is -0.245. The van der Waals surface area contributed by atoms with Crippen LogP contribution >= 0.6 is 24.0 Å². The van der Waals surface area contributed by atoms with Crippen molar-refractivity contribution in [3.05, 3.63) is 35.4 Å². The Kier molecular flexibility index (Phi) is 11.4. The van der Waals surface area contributed by atoms with Crippen molar-refractivity contribution in [1.29, 1.82) is 0 Å². The molecule has 2 N–H and O–H groups in total. The number of aliphatic imine (C=N–C) groups is 1. The number of nitrogens with one attached hydrogen (secondary N) is 2. The van der Waals surface area contributed by atoms with Crippen LogP contribution in [0.2, 0.25) is 0 Å². The van der Waals surface area contributed by atoms with E-state index in [1.54, 1.807) is 0 Å². The standard InChI is InChI=1S/C18H29N3O2.HI/c1-6-19-18(21-12-15(4)17(22)23-5)20-11-14(3)16-9-7-13(2)8-10-16;/h7-10,14-15H,6,11-12H2,1-5H3,(H2,19,20,21);1H. The summed E-state index contributed by atoms with van der Waals surface area (Å²) in [7, 11) is 1.40. The first kappa shape index (κ1) is 22.7. The number of ether oxygens (including phenoxy) is 1. The maximum atomic E-state index is 11.4. The zero-order valence-electron chi connectivity index (χ0n) is 15.3. The van der Waals surface area contributed by atoms with Gasteiger partial charge in [-0.25, -0.2) is 0 Å². The summed E-state index contributed by atoms with van der Waals surface area (Å²) in [6, 6.07) is 8.57. The van der Waals surface area contributed by atoms with Crippen LogP contribution in [-0.4, -0.2) is 38.7 Å². The zero-order valence-corrected chi connectivity index (χ0v) is 17.6. The van der Waals surface area contributed by atoms with Crippen molar-refractivity contribution in [2.75, 3.05) is 26.7 Å². The summed E-state index contributed by atoms with van der Waals surface area (Å²) in [5, 5.41) is 6.53. The van der Waals surface area contributed by atoms with Gasteiger partial charge >= 0.3 is 5.97 Å². The first-order chi connectivity index (χ1) is 11.0. The maximum absolute atomic E-state index is 11.4. The summed E-state index contributed by atoms with van der Waals surface area (Å²) < 4.78 is 4.72. The van der Waals surface area contributed by atoms with Gasteiger partial charge in [0, 0.05) is 13.1 Å². The van der Waals surface area contributed by atoms with E-state index in [2.05, 4.69) is 53.7 Å². The number of benzene rings is 1. The van der Waals surface area contributed by atoms with Crippen molar-refractivity contribution in [1.82, 2.24) is 10.6 Å². The summed E-state index contributed by atoms with van der Waals surface area (Å²) in [6.45, 7) is 10.1. The normalized spacial score (nSPS) is 13.5. The van der Waals surface area contributed by atoms with Crippen molar-refractivity contribution >= 4 is 35.9 Å². The molecule has 0 heterocycles. The molecule has 0 aliphatic rings. The second-order valence-electron chi connectivity index (χ2n) is 5.84. The van der Waals surface area contributed by atoms with E-state index in [1.807, 2.05) is 13.8 Å². The largest absolute Gasteiger partial charge is 0.469 e. The number of rotatable bonds is 7. The Morgan fingerprint density at radius 1 is 1.21 bits per heavy atom. The van der Waals surface area contributed by atoms with Gasteiger partial charge in [-0.15, -0.1) is 24.0 Å². The molecule has 0 aliphatic heterocycles. The molecular weight excluding hydrogens is 417 g/mol. The highest BCUT2D eigenvalue weighted by molar-refractivity contribution is 14.0. The molecule has 0 saturated carbocycles. The zero-order chi connectivity index (χ0) is 17.2. The number of esters is 1. The minimum Gasteiger partial charge on any atom is -0.469 e. The summed E-state index contributed by atoms with van der Waals surface area (Å²) >= 11 is 0. The molecule has 0 saturated heterocycles. The second kappa shape index (κ2) is 12.1. The van der Waals surface area contributed by atoms with Gasteiger partial charge in [-0.05, 0) is 25.3 Å². The van der Waals surface area contributed by atoms with E-state index in [9.17, 15) is 4.79 Å². The Hall–Kier alpha value is -1.31. The lowest BCUT2D eigenvalue weighted by Gasteiger charge is -2.17. The third kappa shape index (κ3) is 7.99. The van der Waals surface area contributed by atoms with Crippen LogP contribution in [0.5, 0.6) is 0 Å². The third-order valence-corrected chi connectivity index (χ3v) is 3.69. The number of carbonyl (C=O) groups is 1. The molecule has 2 unspecified atom stereocenters. The summed E-state index contributed by atoms with van der Waals surface area (Å²) in [5.41, 5.74) is 2.56. The fourth-order valence-electron chi connectivity index (χ4n) is 2.11. The summed E-state index contributed by atoms with van der Waals surface area (Å²) in [5.74, 6) is 0.613. The van der Waals surface area contributed by atoms with Crippen molar-refractivity contribution in [3.63, 3.8) is 0 Å². The molecule has 5 nitrogen and oxygen atoms in total. The van der Waals surface area contributed by atoms with E-state index in [1.165, 1.54) is 18.2 Å². The number of hydrogen-bond acceptors (Lipinski definition) is 3. The van der Waals surface area contributed by atoms with E-state index in [4.69, 9.17) is 4.74 Å². The SMILES string of the molecule is CCNC(=NCC(C)C(=O)OC)NCC(C)c1ccc(C)cc1.I. The van der Waals surface area contributed by atoms with Crippen LogP contribution in [0.15, 0.2) is 29.3 Å². The van der Waals surface area contributed by atoms with Crippen LogP contribution in [0.4, 0.5) is 0 Å². The first-order valence-corrected chi connectivity index (χ1v) is 8.14. The number of aryl methyl sites for hydroxylation is 1. The number of guanidine groups is 1. The monoisotopic (exact) mass is 447 g/mol. The van der Waals surface area contributed by atoms with E-state index >= 15 is 0 Å². The van der Waals surface area contributed by atoms with Gasteiger partial charge in [-0.1, -0.05) is 43.7 Å². The Morgan fingerprint density at radius 3 is 2.38 bits per heavy atom. The van der Waals surface area contributed by atoms with Crippen LogP contribution in [0.3, 0.4) is 0 Å². The molecule has 0 aliphatic carbocycles. The molecule has 0 aromatic heterocycles. The highest BCUT2D eigenvalue weighted by atomic mass is 127. The molecule has 136 valence electrons. The van der Waals surface area contributed by atoms with Gasteiger partial charge in [0.1, 0.15) is 0 Å². The van der Waals surface area contributed by atoms with E-state index in [0.29, 0.717) is 12.5 Å². The Labute approximate surface area is 162 Å². The molecule has 24 heavy (non-hydrogen) atoms. The average molecular weight is 447 g/mol. The fraction of sp³-hybridized carbons (Fsp3) is 0.556. The fourth-order valence-corrected chi connectivity index (χ4v) is 2.11. The molecular formula is C18H30IN3O2. The highest BCUT2D eigenvalue weighted by Gasteiger charge is 2.13. The number of methoxy groups -OCH3 is 1. The lowest BCUT2D eigenvalue weighted by Crippen LogP contribution is -2.39. The molecule has 1 rings (SSSR count).